The summed E-state index contributed by atoms with van der Waals surface area (Å²) in [5.74, 6) is 7.89. The zero-order valence-electron chi connectivity index (χ0n) is 11.9. The van der Waals surface area contributed by atoms with Gasteiger partial charge in [-0.2, -0.15) is 0 Å². The second-order valence-electron chi connectivity index (χ2n) is 5.51. The van der Waals surface area contributed by atoms with E-state index in [2.05, 4.69) is 22.0 Å². The molecular weight excluding hydrogens is 280 g/mol. The van der Waals surface area contributed by atoms with E-state index >= 15 is 0 Å². The van der Waals surface area contributed by atoms with Crippen LogP contribution in [0.15, 0.2) is 28.7 Å². The summed E-state index contributed by atoms with van der Waals surface area (Å²) < 4.78 is 5.28. The highest BCUT2D eigenvalue weighted by Gasteiger charge is 2.11. The Morgan fingerprint density at radius 3 is 2.62 bits per heavy atom. The smallest absolute Gasteiger partial charge is 0.284 e. The normalized spacial score (nSPS) is 15.4. The number of nitrogens with zero attached hydrogens (tertiary/aromatic N) is 1. The lowest BCUT2D eigenvalue weighted by atomic mass is 9.87. The molecule has 0 atom stereocenters. The van der Waals surface area contributed by atoms with E-state index in [0.717, 1.165) is 23.5 Å². The molecule has 4 heteroatoms. The van der Waals surface area contributed by atoms with Gasteiger partial charge in [0.15, 0.2) is 0 Å². The Balaban J connectivity index is 1.63. The summed E-state index contributed by atoms with van der Waals surface area (Å²) in [6.07, 6.45) is 7.86. The van der Waals surface area contributed by atoms with E-state index in [0.29, 0.717) is 10.7 Å². The number of H-pyrrole nitrogens is 1. The Morgan fingerprint density at radius 1 is 1.19 bits per heavy atom. The third-order valence-electron chi connectivity index (χ3n) is 3.92. The van der Waals surface area contributed by atoms with Crippen LogP contribution in [-0.2, 0) is 0 Å². The summed E-state index contributed by atoms with van der Waals surface area (Å²) in [5.41, 5.74) is 1.93. The number of hydrogen-bond acceptors (Lipinski definition) is 3. The lowest BCUT2D eigenvalue weighted by Crippen LogP contribution is -2.04. The van der Waals surface area contributed by atoms with Gasteiger partial charge in [-0.15, -0.1) is 5.10 Å². The summed E-state index contributed by atoms with van der Waals surface area (Å²) in [4.78, 5) is 0.293. The van der Waals surface area contributed by atoms with Crippen molar-refractivity contribution >= 4 is 12.2 Å². The monoisotopic (exact) mass is 298 g/mol. The summed E-state index contributed by atoms with van der Waals surface area (Å²) >= 11 is 4.87. The maximum Gasteiger partial charge on any atom is 0.284 e. The van der Waals surface area contributed by atoms with E-state index in [1.165, 1.54) is 32.1 Å². The molecule has 0 saturated heterocycles. The highest BCUT2D eigenvalue weighted by Crippen LogP contribution is 2.25. The number of benzene rings is 1. The molecule has 0 radical (unpaired) electrons. The highest BCUT2D eigenvalue weighted by molar-refractivity contribution is 7.71. The fraction of sp³-hybridized carbons (Fsp3) is 0.412. The van der Waals surface area contributed by atoms with Crippen molar-refractivity contribution in [1.29, 1.82) is 0 Å². The van der Waals surface area contributed by atoms with Crippen molar-refractivity contribution in [1.82, 2.24) is 10.2 Å². The fourth-order valence-corrected chi connectivity index (χ4v) is 2.86. The zero-order valence-corrected chi connectivity index (χ0v) is 12.7. The molecule has 1 N–H and O–H groups in total. The van der Waals surface area contributed by atoms with Gasteiger partial charge in [0.25, 0.3) is 4.84 Å². The third-order valence-corrected chi connectivity index (χ3v) is 4.09. The van der Waals surface area contributed by atoms with E-state index < -0.39 is 0 Å². The third kappa shape index (κ3) is 3.83. The molecule has 1 fully saturated rings. The molecule has 1 aliphatic carbocycles. The van der Waals surface area contributed by atoms with E-state index in [-0.39, 0.29) is 0 Å². The largest absolute Gasteiger partial charge is 0.409 e. The summed E-state index contributed by atoms with van der Waals surface area (Å²) in [7, 11) is 0. The molecule has 1 aromatic carbocycles. The van der Waals surface area contributed by atoms with Crippen molar-refractivity contribution in [3.63, 3.8) is 0 Å². The fourth-order valence-electron chi connectivity index (χ4n) is 2.74. The standard InChI is InChI=1S/C17H18N2OS/c21-17-19-18-16(20-17)15-11-9-14(10-12-15)8-4-7-13-5-2-1-3-6-13/h9-13H,1-3,5-7H2,(H,19,21). The highest BCUT2D eigenvalue weighted by atomic mass is 32.1. The molecule has 0 unspecified atom stereocenters. The first-order valence-corrected chi connectivity index (χ1v) is 7.87. The van der Waals surface area contributed by atoms with Gasteiger partial charge in [-0.3, -0.25) is 0 Å². The second-order valence-corrected chi connectivity index (χ2v) is 5.88. The van der Waals surface area contributed by atoms with Gasteiger partial charge in [0.2, 0.25) is 5.89 Å². The molecule has 2 aromatic rings. The Bertz CT molecular complexity index is 697. The van der Waals surface area contributed by atoms with Crippen molar-refractivity contribution in [2.45, 2.75) is 38.5 Å². The topological polar surface area (TPSA) is 41.8 Å². The minimum Gasteiger partial charge on any atom is -0.409 e. The number of rotatable bonds is 2. The zero-order chi connectivity index (χ0) is 14.5. The van der Waals surface area contributed by atoms with Crippen molar-refractivity contribution < 1.29 is 4.42 Å². The summed E-state index contributed by atoms with van der Waals surface area (Å²) in [5, 5.41) is 6.63. The van der Waals surface area contributed by atoms with Crippen LogP contribution in [0, 0.1) is 22.6 Å². The number of hydrogen-bond donors (Lipinski definition) is 1. The van der Waals surface area contributed by atoms with Crippen LogP contribution in [0.1, 0.15) is 44.1 Å². The average Bonchev–Trinajstić information content (AvgIpc) is 2.96. The van der Waals surface area contributed by atoms with Crippen molar-refractivity contribution in [2.75, 3.05) is 0 Å². The molecule has 0 bridgehead atoms. The summed E-state index contributed by atoms with van der Waals surface area (Å²) in [6, 6.07) is 7.91. The predicted octanol–water partition coefficient (Wildman–Crippen LogP) is 4.72. The Morgan fingerprint density at radius 2 is 1.95 bits per heavy atom. The van der Waals surface area contributed by atoms with Crippen LogP contribution in [0.5, 0.6) is 0 Å². The van der Waals surface area contributed by atoms with E-state index in [4.69, 9.17) is 16.6 Å². The maximum absolute atomic E-state index is 5.28. The van der Waals surface area contributed by atoms with E-state index in [1.54, 1.807) is 0 Å². The SMILES string of the molecule is S=c1[nH]nc(-c2ccc(C#CCC3CCCCC3)cc2)o1. The molecule has 0 aliphatic heterocycles. The van der Waals surface area contributed by atoms with E-state index in [9.17, 15) is 0 Å². The van der Waals surface area contributed by atoms with Crippen LogP contribution >= 0.6 is 12.2 Å². The van der Waals surface area contributed by atoms with Crippen molar-refractivity contribution in [2.24, 2.45) is 5.92 Å². The van der Waals surface area contributed by atoms with Gasteiger partial charge < -0.3 is 4.42 Å². The van der Waals surface area contributed by atoms with Gasteiger partial charge in [-0.1, -0.05) is 31.1 Å². The molecule has 3 nitrogen and oxygen atoms in total. The van der Waals surface area contributed by atoms with Crippen LogP contribution in [0.4, 0.5) is 0 Å². The van der Waals surface area contributed by atoms with Gasteiger partial charge in [0.05, 0.1) is 0 Å². The van der Waals surface area contributed by atoms with Gasteiger partial charge in [0, 0.05) is 17.5 Å². The Labute approximate surface area is 129 Å². The van der Waals surface area contributed by atoms with Gasteiger partial charge in [-0.25, -0.2) is 5.10 Å². The van der Waals surface area contributed by atoms with Gasteiger partial charge >= 0.3 is 0 Å². The van der Waals surface area contributed by atoms with Gasteiger partial charge in [-0.05, 0) is 55.2 Å². The van der Waals surface area contributed by atoms with Crippen molar-refractivity contribution in [3.8, 4) is 23.3 Å². The van der Waals surface area contributed by atoms with Crippen molar-refractivity contribution in [3.05, 3.63) is 34.7 Å². The first-order chi connectivity index (χ1) is 10.3. The van der Waals surface area contributed by atoms with Crippen LogP contribution in [0.2, 0.25) is 0 Å². The molecular formula is C17H18N2OS. The van der Waals surface area contributed by atoms with Crippen LogP contribution in [0.3, 0.4) is 0 Å². The van der Waals surface area contributed by atoms with Crippen LogP contribution < -0.4 is 0 Å². The molecule has 21 heavy (non-hydrogen) atoms. The van der Waals surface area contributed by atoms with Gasteiger partial charge in [0.1, 0.15) is 0 Å². The first kappa shape index (κ1) is 14.1. The Kier molecular flexibility index (Phi) is 4.52. The lowest BCUT2D eigenvalue weighted by molar-refractivity contribution is 0.365. The van der Waals surface area contributed by atoms with Crippen LogP contribution in [0.25, 0.3) is 11.5 Å². The molecule has 1 aliphatic rings. The molecule has 3 rings (SSSR count). The molecule has 1 heterocycles. The minimum absolute atomic E-state index is 0.293. The number of aromatic amines is 1. The molecule has 1 aromatic heterocycles. The number of aromatic nitrogens is 2. The molecule has 108 valence electrons. The molecule has 0 amide bonds. The average molecular weight is 298 g/mol. The van der Waals surface area contributed by atoms with Crippen LogP contribution in [-0.4, -0.2) is 10.2 Å². The second kappa shape index (κ2) is 6.73. The minimum atomic E-state index is 0.293. The number of nitrogens with one attached hydrogen (secondary N) is 1. The molecule has 1 saturated carbocycles. The molecule has 0 spiro atoms. The quantitative estimate of drug-likeness (QED) is 0.644. The predicted molar refractivity (Wildman–Crippen MR) is 85.2 cm³/mol. The Hall–Kier alpha value is -1.86. The summed E-state index contributed by atoms with van der Waals surface area (Å²) in [6.45, 7) is 0. The maximum atomic E-state index is 5.28. The first-order valence-electron chi connectivity index (χ1n) is 7.46. The lowest BCUT2D eigenvalue weighted by Gasteiger charge is -2.18. The van der Waals surface area contributed by atoms with E-state index in [1.807, 2.05) is 24.3 Å².